The Morgan fingerprint density at radius 2 is 0.833 bits per heavy atom. The van der Waals surface area contributed by atoms with Gasteiger partial charge in [0.1, 0.15) is 0 Å². The topological polar surface area (TPSA) is 67.8 Å². The molecule has 0 aromatic carbocycles. The fourth-order valence-corrected chi connectivity index (χ4v) is 7.03. The van der Waals surface area contributed by atoms with Crippen molar-refractivity contribution in [1.82, 2.24) is 15.5 Å². The molecule has 1 rings (SSSR count). The summed E-state index contributed by atoms with van der Waals surface area (Å²) in [5.74, 6) is 0. The molecule has 4 N–H and O–H groups in total. The summed E-state index contributed by atoms with van der Waals surface area (Å²) >= 11 is 0. The van der Waals surface area contributed by atoms with Crippen molar-refractivity contribution in [2.24, 2.45) is 10.8 Å². The molecule has 5 nitrogen and oxygen atoms in total. The Balaban J connectivity index is 2.61. The van der Waals surface area contributed by atoms with Gasteiger partial charge in [-0.3, -0.25) is 10.6 Å². The Morgan fingerprint density at radius 1 is 0.500 bits per heavy atom. The van der Waals surface area contributed by atoms with Crippen LogP contribution in [0.1, 0.15) is 202 Å². The van der Waals surface area contributed by atoms with Gasteiger partial charge in [-0.25, -0.2) is 4.90 Å². The Hall–Kier alpha value is -0.200. The van der Waals surface area contributed by atoms with Crippen molar-refractivity contribution >= 4 is 0 Å². The van der Waals surface area contributed by atoms with Gasteiger partial charge in [0, 0.05) is 6.54 Å². The van der Waals surface area contributed by atoms with E-state index >= 15 is 0 Å². The summed E-state index contributed by atoms with van der Waals surface area (Å²) in [5.41, 5.74) is 1.01. The molecular formula is C37H77N3O2. The number of nitrogens with zero attached hydrogens (tertiary/aromatic N) is 1. The fraction of sp³-hybridized carbons (Fsp3) is 1.00. The van der Waals surface area contributed by atoms with Crippen LogP contribution in [0.25, 0.3) is 0 Å². The van der Waals surface area contributed by atoms with E-state index in [2.05, 4.69) is 45.3 Å². The number of unbranched alkanes of at least 4 members (excludes halogenated alkanes) is 16. The van der Waals surface area contributed by atoms with Crippen molar-refractivity contribution < 1.29 is 10.2 Å². The Labute approximate surface area is 263 Å². The highest BCUT2D eigenvalue weighted by molar-refractivity contribution is 4.81. The molecule has 0 bridgehead atoms. The summed E-state index contributed by atoms with van der Waals surface area (Å²) in [6, 6.07) is 0. The Bertz CT molecular complexity index is 598. The summed E-state index contributed by atoms with van der Waals surface area (Å²) in [4.78, 5) is 1.71. The number of aliphatic hydroxyl groups is 2. The maximum Gasteiger partial charge on any atom is 0.167 e. The second-order valence-electron chi connectivity index (χ2n) is 15.2. The minimum atomic E-state index is -0.774. The van der Waals surface area contributed by atoms with Crippen LogP contribution in [0.3, 0.4) is 0 Å². The predicted molar refractivity (Wildman–Crippen MR) is 183 cm³/mol. The molecule has 5 heteroatoms. The van der Waals surface area contributed by atoms with Crippen LogP contribution in [-0.2, 0) is 0 Å². The molecule has 0 spiro atoms. The lowest BCUT2D eigenvalue weighted by atomic mass is 9.70. The number of aliphatic hydroxyl groups excluding tert-OH is 2. The molecule has 1 saturated heterocycles. The molecule has 0 saturated carbocycles. The standard InChI is InChI=1S/C37H77N3O2/c1-7-9-11-13-15-18-22-29-37(28-21-17-14-12-10-8-2,31-25-24-27-36(4,5)6)30-23-19-16-20-26-32-40-34(41)38-33(3)39-35(40)42/h33-35,38-39,41-42H,7-32H2,1-6H3. The largest absolute Gasteiger partial charge is 0.365 e. The van der Waals surface area contributed by atoms with E-state index in [0.29, 0.717) is 17.4 Å². The molecule has 42 heavy (non-hydrogen) atoms. The van der Waals surface area contributed by atoms with E-state index in [4.69, 9.17) is 0 Å². The minimum Gasteiger partial charge on any atom is -0.365 e. The summed E-state index contributed by atoms with van der Waals surface area (Å²) in [5, 5.41) is 26.6. The van der Waals surface area contributed by atoms with E-state index in [0.717, 1.165) is 6.42 Å². The molecule has 0 aromatic heterocycles. The van der Waals surface area contributed by atoms with Gasteiger partial charge in [-0.05, 0) is 56.3 Å². The lowest BCUT2D eigenvalue weighted by Gasteiger charge is -2.40. The van der Waals surface area contributed by atoms with Crippen molar-refractivity contribution in [1.29, 1.82) is 0 Å². The molecule has 0 radical (unpaired) electrons. The third-order valence-corrected chi connectivity index (χ3v) is 9.81. The first-order valence-corrected chi connectivity index (χ1v) is 18.8. The summed E-state index contributed by atoms with van der Waals surface area (Å²) in [6.45, 7) is 14.5. The molecule has 1 aliphatic rings. The van der Waals surface area contributed by atoms with E-state index in [1.54, 1.807) is 4.90 Å². The number of rotatable bonds is 27. The van der Waals surface area contributed by atoms with Crippen LogP contribution in [0, 0.1) is 10.8 Å². The molecule has 0 aromatic rings. The summed E-state index contributed by atoms with van der Waals surface area (Å²) < 4.78 is 0. The van der Waals surface area contributed by atoms with Crippen LogP contribution < -0.4 is 10.6 Å². The van der Waals surface area contributed by atoms with Crippen LogP contribution in [0.4, 0.5) is 0 Å². The molecule has 0 amide bonds. The van der Waals surface area contributed by atoms with Crippen molar-refractivity contribution in [2.75, 3.05) is 6.54 Å². The highest BCUT2D eigenvalue weighted by Crippen LogP contribution is 2.42. The van der Waals surface area contributed by atoms with Gasteiger partial charge in [0.05, 0.1) is 6.17 Å². The lowest BCUT2D eigenvalue weighted by molar-refractivity contribution is -0.167. The third-order valence-electron chi connectivity index (χ3n) is 9.81. The summed E-state index contributed by atoms with van der Waals surface area (Å²) in [7, 11) is 0. The zero-order valence-corrected chi connectivity index (χ0v) is 29.5. The Morgan fingerprint density at radius 3 is 1.24 bits per heavy atom. The molecular weight excluding hydrogens is 518 g/mol. The van der Waals surface area contributed by atoms with Gasteiger partial charge in [-0.15, -0.1) is 0 Å². The number of hydrogen-bond donors (Lipinski definition) is 4. The first-order valence-electron chi connectivity index (χ1n) is 18.8. The summed E-state index contributed by atoms with van der Waals surface area (Å²) in [6.07, 6.45) is 32.7. The lowest BCUT2D eigenvalue weighted by Crippen LogP contribution is -2.67. The fourth-order valence-electron chi connectivity index (χ4n) is 7.03. The van der Waals surface area contributed by atoms with Gasteiger partial charge in [0.25, 0.3) is 0 Å². The quantitative estimate of drug-likeness (QED) is 0.0711. The number of nitrogens with one attached hydrogen (secondary N) is 2. The monoisotopic (exact) mass is 596 g/mol. The normalized spacial score (nSPS) is 21.6. The molecule has 3 unspecified atom stereocenters. The van der Waals surface area contributed by atoms with Crippen LogP contribution in [0.2, 0.25) is 0 Å². The van der Waals surface area contributed by atoms with Crippen LogP contribution in [0.15, 0.2) is 0 Å². The van der Waals surface area contributed by atoms with E-state index in [-0.39, 0.29) is 6.17 Å². The SMILES string of the molecule is CCCCCCCCCC(CCCCCCCC)(CCCCCCCN1C(O)NC(C)NC1O)CCCCC(C)(C)C. The third kappa shape index (κ3) is 20.0. The zero-order valence-electron chi connectivity index (χ0n) is 29.5. The van der Waals surface area contributed by atoms with E-state index in [9.17, 15) is 10.2 Å². The molecule has 1 heterocycles. The highest BCUT2D eigenvalue weighted by atomic mass is 16.4. The smallest absolute Gasteiger partial charge is 0.167 e. The van der Waals surface area contributed by atoms with Gasteiger partial charge in [-0.2, -0.15) is 0 Å². The van der Waals surface area contributed by atoms with Gasteiger partial charge in [-0.1, -0.05) is 157 Å². The van der Waals surface area contributed by atoms with E-state index < -0.39 is 12.7 Å². The van der Waals surface area contributed by atoms with Crippen LogP contribution in [-0.4, -0.2) is 40.5 Å². The maximum absolute atomic E-state index is 10.3. The second-order valence-corrected chi connectivity index (χ2v) is 15.2. The molecule has 3 atom stereocenters. The van der Waals surface area contributed by atoms with E-state index in [1.165, 1.54) is 154 Å². The van der Waals surface area contributed by atoms with Crippen LogP contribution >= 0.6 is 0 Å². The van der Waals surface area contributed by atoms with Crippen molar-refractivity contribution in [3.8, 4) is 0 Å². The first-order chi connectivity index (χ1) is 20.1. The molecule has 0 aliphatic carbocycles. The number of hydrogen-bond acceptors (Lipinski definition) is 5. The predicted octanol–water partition coefficient (Wildman–Crippen LogP) is 10.2. The van der Waals surface area contributed by atoms with E-state index in [1.807, 2.05) is 6.92 Å². The van der Waals surface area contributed by atoms with Gasteiger partial charge >= 0.3 is 0 Å². The average molecular weight is 596 g/mol. The second kappa shape index (κ2) is 24.1. The average Bonchev–Trinajstić information content (AvgIpc) is 2.92. The highest BCUT2D eigenvalue weighted by Gasteiger charge is 2.30. The zero-order chi connectivity index (χ0) is 31.1. The van der Waals surface area contributed by atoms with Crippen LogP contribution in [0.5, 0.6) is 0 Å². The van der Waals surface area contributed by atoms with Crippen molar-refractivity contribution in [3.05, 3.63) is 0 Å². The van der Waals surface area contributed by atoms with Gasteiger partial charge < -0.3 is 10.2 Å². The van der Waals surface area contributed by atoms with Crippen molar-refractivity contribution in [3.63, 3.8) is 0 Å². The first kappa shape index (κ1) is 39.8. The minimum absolute atomic E-state index is 0.0858. The van der Waals surface area contributed by atoms with Crippen molar-refractivity contribution in [2.45, 2.75) is 221 Å². The molecule has 1 fully saturated rings. The molecule has 1 aliphatic heterocycles. The van der Waals surface area contributed by atoms with Gasteiger partial charge in [0.15, 0.2) is 12.7 Å². The Kier molecular flexibility index (Phi) is 22.8. The maximum atomic E-state index is 10.3. The van der Waals surface area contributed by atoms with Gasteiger partial charge in [0.2, 0.25) is 0 Å². The molecule has 252 valence electrons.